The third-order valence-corrected chi connectivity index (χ3v) is 9.22. The number of ether oxygens (including phenoxy) is 4. The molecule has 0 heterocycles. The van der Waals surface area contributed by atoms with E-state index in [0.29, 0.717) is 6.42 Å². The summed E-state index contributed by atoms with van der Waals surface area (Å²) in [5.41, 5.74) is 0. The molecule has 0 aliphatic heterocycles. The molecule has 51 heavy (non-hydrogen) atoms. The van der Waals surface area contributed by atoms with E-state index in [9.17, 15) is 19.2 Å². The quantitative estimate of drug-likeness (QED) is 0.0270. The van der Waals surface area contributed by atoms with Crippen molar-refractivity contribution in [1.82, 2.24) is 0 Å². The van der Waals surface area contributed by atoms with Crippen molar-refractivity contribution in [3.8, 4) is 0 Å². The molecule has 8 nitrogen and oxygen atoms in total. The molecule has 298 valence electrons. The molecule has 0 aliphatic carbocycles. The van der Waals surface area contributed by atoms with Crippen LogP contribution >= 0.6 is 0 Å². The van der Waals surface area contributed by atoms with E-state index in [1.54, 1.807) is 0 Å². The largest absolute Gasteiger partial charge is 0.462 e. The van der Waals surface area contributed by atoms with Crippen LogP contribution < -0.4 is 0 Å². The summed E-state index contributed by atoms with van der Waals surface area (Å²) in [5.74, 6) is -2.15. The fraction of sp³-hybridized carbons (Fsp3) is 0.860. The molecule has 0 bridgehead atoms. The molecule has 0 aromatic rings. The van der Waals surface area contributed by atoms with E-state index >= 15 is 0 Å². The fourth-order valence-electron chi connectivity index (χ4n) is 6.14. The van der Waals surface area contributed by atoms with Gasteiger partial charge in [0.2, 0.25) is 0 Å². The van der Waals surface area contributed by atoms with Crippen LogP contribution in [0.5, 0.6) is 0 Å². The highest BCUT2D eigenvalue weighted by Crippen LogP contribution is 2.17. The molecule has 0 saturated heterocycles. The molecule has 0 rings (SSSR count). The predicted octanol–water partition coefficient (Wildman–Crippen LogP) is 11.8. The highest BCUT2D eigenvalue weighted by molar-refractivity contribution is 5.79. The van der Waals surface area contributed by atoms with Crippen LogP contribution in [-0.2, 0) is 38.1 Å². The predicted molar refractivity (Wildman–Crippen MR) is 207 cm³/mol. The van der Waals surface area contributed by atoms with Gasteiger partial charge in [-0.25, -0.2) is 4.79 Å². The average Bonchev–Trinajstić information content (AvgIpc) is 3.10. The summed E-state index contributed by atoms with van der Waals surface area (Å²) >= 11 is 0. The van der Waals surface area contributed by atoms with Crippen LogP contribution in [0.2, 0.25) is 0 Å². The molecular formula is C43H78O8. The van der Waals surface area contributed by atoms with Gasteiger partial charge in [-0.1, -0.05) is 161 Å². The summed E-state index contributed by atoms with van der Waals surface area (Å²) in [4.78, 5) is 48.5. The van der Waals surface area contributed by atoms with Gasteiger partial charge in [0.15, 0.2) is 12.2 Å². The van der Waals surface area contributed by atoms with Gasteiger partial charge in [0.25, 0.3) is 0 Å². The molecular weight excluding hydrogens is 644 g/mol. The van der Waals surface area contributed by atoms with Gasteiger partial charge in [-0.3, -0.25) is 14.4 Å². The molecule has 0 radical (unpaired) electrons. The molecule has 0 N–H and O–H groups in total. The van der Waals surface area contributed by atoms with E-state index in [1.807, 2.05) is 0 Å². The summed E-state index contributed by atoms with van der Waals surface area (Å²) in [7, 11) is 0. The van der Waals surface area contributed by atoms with E-state index in [-0.39, 0.29) is 25.6 Å². The fourth-order valence-corrected chi connectivity index (χ4v) is 6.14. The third kappa shape index (κ3) is 35.8. The minimum atomic E-state index is -1.01. The van der Waals surface area contributed by atoms with Gasteiger partial charge in [0.1, 0.15) is 13.2 Å². The molecule has 2 unspecified atom stereocenters. The minimum absolute atomic E-state index is 0.220. The minimum Gasteiger partial charge on any atom is -0.462 e. The Morgan fingerprint density at radius 1 is 0.471 bits per heavy atom. The lowest BCUT2D eigenvalue weighted by atomic mass is 10.0. The second-order valence-corrected chi connectivity index (χ2v) is 14.4. The van der Waals surface area contributed by atoms with Crippen molar-refractivity contribution in [3.05, 3.63) is 12.2 Å². The van der Waals surface area contributed by atoms with Gasteiger partial charge in [0.05, 0.1) is 0 Å². The number of rotatable bonds is 37. The first-order valence-electron chi connectivity index (χ1n) is 21.1. The molecule has 2 atom stereocenters. The van der Waals surface area contributed by atoms with E-state index in [4.69, 9.17) is 18.9 Å². The maximum Gasteiger partial charge on any atom is 0.347 e. The van der Waals surface area contributed by atoms with Crippen LogP contribution in [0.3, 0.4) is 0 Å². The van der Waals surface area contributed by atoms with E-state index in [2.05, 4.69) is 26.0 Å². The Labute approximate surface area is 312 Å². The van der Waals surface area contributed by atoms with Crippen LogP contribution in [0.25, 0.3) is 0 Å². The number of carbonyl (C=O) groups is 4. The monoisotopic (exact) mass is 723 g/mol. The lowest BCUT2D eigenvalue weighted by molar-refractivity contribution is -0.175. The summed E-state index contributed by atoms with van der Waals surface area (Å²) < 4.78 is 21.1. The number of unbranched alkanes of at least 4 members (excludes halogenated alkanes) is 24. The summed E-state index contributed by atoms with van der Waals surface area (Å²) in [6.45, 7) is 6.47. The standard InChI is InChI=1S/C43H78O8/c1-5-7-9-11-13-15-17-19-21-23-25-27-29-31-33-35-42(46)51-41(43(47)49-37-40(50-39(4)45)36-48-38(3)44)34-32-30-28-26-24-22-20-18-16-14-12-10-8-6-2/h13,15,40-41H,5-12,14,16-37H2,1-4H3/b15-13+. The molecule has 0 aromatic heterocycles. The SMILES string of the molecule is CCCCC/C=C/CCCCCCCCCCC(=O)OC(CCCCCCCCCCCCCCCC)C(=O)OCC(COC(C)=O)OC(C)=O. The number of hydrogen-bond acceptors (Lipinski definition) is 8. The topological polar surface area (TPSA) is 105 Å². The number of hydrogen-bond donors (Lipinski definition) is 0. The normalized spacial score (nSPS) is 12.5. The first-order valence-corrected chi connectivity index (χ1v) is 21.1. The van der Waals surface area contributed by atoms with Crippen molar-refractivity contribution in [2.24, 2.45) is 0 Å². The molecule has 0 aliphatic rings. The molecule has 8 heteroatoms. The first-order chi connectivity index (χ1) is 24.8. The zero-order valence-corrected chi connectivity index (χ0v) is 33.5. The average molecular weight is 723 g/mol. The highest BCUT2D eigenvalue weighted by atomic mass is 16.6. The number of allylic oxidation sites excluding steroid dienone is 2. The Balaban J connectivity index is 4.46. The molecule has 0 amide bonds. The lowest BCUT2D eigenvalue weighted by Gasteiger charge is -2.20. The van der Waals surface area contributed by atoms with E-state index in [1.165, 1.54) is 149 Å². The zero-order chi connectivity index (χ0) is 37.6. The van der Waals surface area contributed by atoms with Gasteiger partial charge in [-0.15, -0.1) is 0 Å². The molecule has 0 aromatic carbocycles. The summed E-state index contributed by atoms with van der Waals surface area (Å²) in [6.07, 6.45) is 35.9. The Kier molecular flexibility index (Phi) is 35.6. The maximum absolute atomic E-state index is 13.0. The van der Waals surface area contributed by atoms with Crippen molar-refractivity contribution >= 4 is 23.9 Å². The Morgan fingerprint density at radius 3 is 1.37 bits per heavy atom. The van der Waals surface area contributed by atoms with Crippen molar-refractivity contribution in [3.63, 3.8) is 0 Å². The summed E-state index contributed by atoms with van der Waals surface area (Å²) in [5, 5.41) is 0. The van der Waals surface area contributed by atoms with Crippen LogP contribution in [0.1, 0.15) is 214 Å². The Morgan fingerprint density at radius 2 is 0.882 bits per heavy atom. The van der Waals surface area contributed by atoms with E-state index in [0.717, 1.165) is 38.5 Å². The van der Waals surface area contributed by atoms with Crippen molar-refractivity contribution in [1.29, 1.82) is 0 Å². The zero-order valence-electron chi connectivity index (χ0n) is 33.5. The molecule has 0 fully saturated rings. The third-order valence-electron chi connectivity index (χ3n) is 9.22. The number of carbonyl (C=O) groups excluding carboxylic acids is 4. The van der Waals surface area contributed by atoms with Crippen LogP contribution in [0.15, 0.2) is 12.2 Å². The molecule has 0 saturated carbocycles. The summed E-state index contributed by atoms with van der Waals surface area (Å²) in [6, 6.07) is 0. The highest BCUT2D eigenvalue weighted by Gasteiger charge is 2.26. The second kappa shape index (κ2) is 37.4. The smallest absolute Gasteiger partial charge is 0.347 e. The van der Waals surface area contributed by atoms with Crippen molar-refractivity contribution < 1.29 is 38.1 Å². The van der Waals surface area contributed by atoms with Gasteiger partial charge in [-0.05, 0) is 44.9 Å². The van der Waals surface area contributed by atoms with Gasteiger partial charge >= 0.3 is 23.9 Å². The molecule has 0 spiro atoms. The van der Waals surface area contributed by atoms with Gasteiger partial charge < -0.3 is 18.9 Å². The Hall–Kier alpha value is -2.38. The van der Waals surface area contributed by atoms with Gasteiger partial charge in [0, 0.05) is 20.3 Å². The van der Waals surface area contributed by atoms with E-state index < -0.39 is 30.1 Å². The maximum atomic E-state index is 13.0. The van der Waals surface area contributed by atoms with Crippen molar-refractivity contribution in [2.75, 3.05) is 13.2 Å². The number of esters is 4. The Bertz CT molecular complexity index is 870. The van der Waals surface area contributed by atoms with Crippen LogP contribution in [-0.4, -0.2) is 49.3 Å². The van der Waals surface area contributed by atoms with Crippen LogP contribution in [0.4, 0.5) is 0 Å². The van der Waals surface area contributed by atoms with Crippen LogP contribution in [0, 0.1) is 0 Å². The van der Waals surface area contributed by atoms with Gasteiger partial charge in [-0.2, -0.15) is 0 Å². The second-order valence-electron chi connectivity index (χ2n) is 14.4. The first kappa shape index (κ1) is 48.6. The van der Waals surface area contributed by atoms with Crippen molar-refractivity contribution in [2.45, 2.75) is 226 Å². The lowest BCUT2D eigenvalue weighted by Crippen LogP contribution is -2.34.